The van der Waals surface area contributed by atoms with Gasteiger partial charge in [-0.15, -0.1) is 0 Å². The van der Waals surface area contributed by atoms with Gasteiger partial charge in [-0.05, 0) is 12.5 Å². The molecular weight excluding hydrogens is 529 g/mol. The van der Waals surface area contributed by atoms with Crippen molar-refractivity contribution in [2.75, 3.05) is 31.0 Å². The van der Waals surface area contributed by atoms with E-state index in [0.29, 0.717) is 17.0 Å². The smallest absolute Gasteiger partial charge is 0.356 e. The van der Waals surface area contributed by atoms with Crippen LogP contribution in [0, 0.1) is 6.92 Å². The molecule has 0 saturated heterocycles. The molecule has 0 aliphatic carbocycles. The zero-order valence-corrected chi connectivity index (χ0v) is 22.5. The summed E-state index contributed by atoms with van der Waals surface area (Å²) >= 11 is 1.08. The Morgan fingerprint density at radius 3 is 2.63 bits per heavy atom. The molecule has 1 atom stereocenters. The fraction of sp³-hybridized carbons (Fsp3) is 0.280. The van der Waals surface area contributed by atoms with Crippen LogP contribution in [0.3, 0.4) is 0 Å². The quantitative estimate of drug-likeness (QED) is 0.182. The standard InChI is InChI=1S/C25H28N5O6PS/c1-18-7-9-19(10-8-18)15-36-37(33,35-13-14-38-24(32)20-5-3-2-4-6-20)17-34-12-11-30-16-27-21-22(30)28-25(26)29-23(21)31/h2-10,16H,11-15,17H2,1H3,(H3,26,28,29,31). The molecular formula is C25H28N5O6PS. The highest BCUT2D eigenvalue weighted by Gasteiger charge is 2.26. The maximum absolute atomic E-state index is 13.5. The molecule has 2 heterocycles. The third-order valence-electron chi connectivity index (χ3n) is 5.38. The number of carbonyl (C=O) groups is 1. The van der Waals surface area contributed by atoms with Gasteiger partial charge in [-0.1, -0.05) is 71.9 Å². The Labute approximate surface area is 223 Å². The zero-order chi connectivity index (χ0) is 27.0. The summed E-state index contributed by atoms with van der Waals surface area (Å²) in [6.45, 7) is 2.50. The molecule has 0 bridgehead atoms. The van der Waals surface area contributed by atoms with Crippen LogP contribution in [0.2, 0.25) is 0 Å². The third kappa shape index (κ3) is 7.62. The molecule has 0 spiro atoms. The summed E-state index contributed by atoms with van der Waals surface area (Å²) in [4.78, 5) is 34.8. The van der Waals surface area contributed by atoms with Gasteiger partial charge in [0.05, 0.1) is 26.1 Å². The number of aromatic nitrogens is 4. The van der Waals surface area contributed by atoms with Crippen molar-refractivity contribution in [2.24, 2.45) is 0 Å². The van der Waals surface area contributed by atoms with Crippen molar-refractivity contribution in [3.8, 4) is 0 Å². The SMILES string of the molecule is Cc1ccc(COP(=O)(COCCn2cnc3c(=O)[nH]c(N)nc32)OCCSC(=O)c2ccccc2)cc1. The van der Waals surface area contributed by atoms with Crippen LogP contribution in [0.25, 0.3) is 11.2 Å². The third-order valence-corrected chi connectivity index (χ3v) is 7.85. The van der Waals surface area contributed by atoms with Crippen LogP contribution < -0.4 is 11.3 Å². The first-order chi connectivity index (χ1) is 18.3. The second-order valence-electron chi connectivity index (χ2n) is 8.30. The second kappa shape index (κ2) is 13.0. The number of nitrogens with one attached hydrogen (secondary N) is 1. The van der Waals surface area contributed by atoms with Crippen molar-refractivity contribution >= 4 is 41.6 Å². The average Bonchev–Trinajstić information content (AvgIpc) is 3.32. The predicted molar refractivity (Wildman–Crippen MR) is 146 cm³/mol. The van der Waals surface area contributed by atoms with Crippen molar-refractivity contribution in [2.45, 2.75) is 20.1 Å². The van der Waals surface area contributed by atoms with Gasteiger partial charge in [0.15, 0.2) is 11.2 Å². The molecule has 0 fully saturated rings. The number of aromatic amines is 1. The fourth-order valence-corrected chi connectivity index (χ4v) is 5.48. The summed E-state index contributed by atoms with van der Waals surface area (Å²) in [6.07, 6.45) is 1.17. The van der Waals surface area contributed by atoms with Crippen molar-refractivity contribution in [1.29, 1.82) is 0 Å². The second-order valence-corrected chi connectivity index (χ2v) is 11.4. The average molecular weight is 558 g/mol. The fourth-order valence-electron chi connectivity index (χ4n) is 3.41. The number of nitrogens with two attached hydrogens (primary N) is 1. The minimum atomic E-state index is -3.66. The molecule has 13 heteroatoms. The van der Waals surface area contributed by atoms with E-state index in [4.69, 9.17) is 19.5 Å². The highest BCUT2D eigenvalue weighted by Crippen LogP contribution is 2.49. The van der Waals surface area contributed by atoms with Gasteiger partial charge in [-0.25, -0.2) is 4.98 Å². The van der Waals surface area contributed by atoms with Gasteiger partial charge < -0.3 is 24.1 Å². The number of fused-ring (bicyclic) bond motifs is 1. The number of benzene rings is 2. The Morgan fingerprint density at radius 1 is 1.11 bits per heavy atom. The minimum Gasteiger partial charge on any atom is -0.369 e. The lowest BCUT2D eigenvalue weighted by molar-refractivity contribution is 0.108. The number of H-pyrrole nitrogens is 1. The summed E-state index contributed by atoms with van der Waals surface area (Å²) < 4.78 is 32.1. The highest BCUT2D eigenvalue weighted by molar-refractivity contribution is 8.14. The van der Waals surface area contributed by atoms with Gasteiger partial charge >= 0.3 is 7.60 Å². The van der Waals surface area contributed by atoms with Crippen molar-refractivity contribution in [3.05, 3.63) is 88.0 Å². The molecule has 4 aromatic rings. The lowest BCUT2D eigenvalue weighted by Crippen LogP contribution is -2.13. The van der Waals surface area contributed by atoms with Crippen LogP contribution in [0.15, 0.2) is 65.7 Å². The number of imidazole rings is 1. The van der Waals surface area contributed by atoms with Gasteiger partial charge in [0, 0.05) is 17.9 Å². The van der Waals surface area contributed by atoms with Gasteiger partial charge in [-0.2, -0.15) is 4.98 Å². The number of nitrogen functional groups attached to an aromatic ring is 1. The summed E-state index contributed by atoms with van der Waals surface area (Å²) in [5.41, 5.74) is 8.21. The molecule has 1 unspecified atom stereocenters. The van der Waals surface area contributed by atoms with Crippen LogP contribution in [-0.4, -0.2) is 49.9 Å². The number of hydrogen-bond donors (Lipinski definition) is 2. The maximum atomic E-state index is 13.5. The lowest BCUT2D eigenvalue weighted by Gasteiger charge is -2.19. The van der Waals surface area contributed by atoms with E-state index < -0.39 is 13.2 Å². The summed E-state index contributed by atoms with van der Waals surface area (Å²) in [6, 6.07) is 16.6. The first-order valence-corrected chi connectivity index (χ1v) is 14.5. The summed E-state index contributed by atoms with van der Waals surface area (Å²) in [5, 5.41) is -0.0958. The molecule has 38 heavy (non-hydrogen) atoms. The Bertz CT molecular complexity index is 1480. The Hall–Kier alpha value is -3.28. The molecule has 0 aliphatic rings. The van der Waals surface area contributed by atoms with Crippen LogP contribution >= 0.6 is 19.4 Å². The molecule has 0 saturated carbocycles. The van der Waals surface area contributed by atoms with E-state index >= 15 is 0 Å². The molecule has 2 aromatic carbocycles. The topological polar surface area (TPSA) is 151 Å². The maximum Gasteiger partial charge on any atom is 0.356 e. The summed E-state index contributed by atoms with van der Waals surface area (Å²) in [5.74, 6) is 0.282. The monoisotopic (exact) mass is 557 g/mol. The molecule has 3 N–H and O–H groups in total. The number of carbonyl (C=O) groups excluding carboxylic acids is 1. The van der Waals surface area contributed by atoms with Gasteiger partial charge in [-0.3, -0.25) is 19.1 Å². The highest BCUT2D eigenvalue weighted by atomic mass is 32.2. The van der Waals surface area contributed by atoms with Gasteiger partial charge in [0.1, 0.15) is 6.35 Å². The lowest BCUT2D eigenvalue weighted by atomic mass is 10.2. The number of rotatable bonds is 13. The first-order valence-electron chi connectivity index (χ1n) is 11.8. The van der Waals surface area contributed by atoms with Gasteiger partial charge in [0.25, 0.3) is 5.56 Å². The predicted octanol–water partition coefficient (Wildman–Crippen LogP) is 3.98. The largest absolute Gasteiger partial charge is 0.369 e. The van der Waals surface area contributed by atoms with E-state index in [9.17, 15) is 14.2 Å². The van der Waals surface area contributed by atoms with E-state index in [2.05, 4.69) is 15.0 Å². The van der Waals surface area contributed by atoms with E-state index in [0.717, 1.165) is 22.9 Å². The molecule has 4 rings (SSSR count). The van der Waals surface area contributed by atoms with E-state index in [1.807, 2.05) is 37.3 Å². The molecule has 200 valence electrons. The number of anilines is 1. The Kier molecular flexibility index (Phi) is 9.48. The normalized spacial score (nSPS) is 13.0. The number of aryl methyl sites for hydroxylation is 1. The zero-order valence-electron chi connectivity index (χ0n) is 20.7. The van der Waals surface area contributed by atoms with Gasteiger partial charge in [0.2, 0.25) is 11.1 Å². The first kappa shape index (κ1) is 27.7. The molecule has 2 aromatic heterocycles. The molecule has 0 radical (unpaired) electrons. The van der Waals surface area contributed by atoms with E-state index in [-0.39, 0.29) is 49.3 Å². The molecule has 0 amide bonds. The van der Waals surface area contributed by atoms with Crippen LogP contribution in [0.5, 0.6) is 0 Å². The number of ether oxygens (including phenoxy) is 1. The number of hydrogen-bond acceptors (Lipinski definition) is 10. The Balaban J connectivity index is 1.33. The van der Waals surface area contributed by atoms with Crippen LogP contribution in [0.4, 0.5) is 5.95 Å². The molecule has 0 aliphatic heterocycles. The van der Waals surface area contributed by atoms with E-state index in [1.165, 1.54) is 6.33 Å². The van der Waals surface area contributed by atoms with Crippen molar-refractivity contribution in [1.82, 2.24) is 19.5 Å². The van der Waals surface area contributed by atoms with Crippen LogP contribution in [0.1, 0.15) is 21.5 Å². The summed E-state index contributed by atoms with van der Waals surface area (Å²) in [7, 11) is -3.66. The molecule has 11 nitrogen and oxygen atoms in total. The van der Waals surface area contributed by atoms with Crippen molar-refractivity contribution < 1.29 is 23.1 Å². The number of nitrogens with zero attached hydrogens (tertiary/aromatic N) is 3. The van der Waals surface area contributed by atoms with E-state index in [1.54, 1.807) is 28.8 Å². The Morgan fingerprint density at radius 2 is 1.87 bits per heavy atom. The minimum absolute atomic E-state index is 0.0174. The van der Waals surface area contributed by atoms with Crippen LogP contribution in [-0.2, 0) is 31.5 Å². The number of thioether (sulfide) groups is 1. The van der Waals surface area contributed by atoms with Crippen molar-refractivity contribution in [3.63, 3.8) is 0 Å².